The van der Waals surface area contributed by atoms with Crippen molar-refractivity contribution in [3.63, 3.8) is 0 Å². The molecule has 2 aromatic rings. The van der Waals surface area contributed by atoms with Crippen LogP contribution in [0.4, 0.5) is 0 Å². The first-order valence-corrected chi connectivity index (χ1v) is 7.19. The summed E-state index contributed by atoms with van der Waals surface area (Å²) >= 11 is 6.41. The smallest absolute Gasteiger partial charge is 0.265 e. The van der Waals surface area contributed by atoms with Gasteiger partial charge in [0.25, 0.3) is 5.91 Å². The number of benzene rings is 1. The van der Waals surface area contributed by atoms with E-state index in [9.17, 15) is 4.79 Å². The highest BCUT2D eigenvalue weighted by atomic mass is 32.2. The van der Waals surface area contributed by atoms with Gasteiger partial charge in [-0.1, -0.05) is 42.2 Å². The summed E-state index contributed by atoms with van der Waals surface area (Å²) in [6.07, 6.45) is 5.43. The highest BCUT2D eigenvalue weighted by Gasteiger charge is 2.28. The molecule has 0 spiro atoms. The fourth-order valence-electron chi connectivity index (χ4n) is 1.83. The second kappa shape index (κ2) is 5.22. The minimum Gasteiger partial charge on any atom is -0.296 e. The van der Waals surface area contributed by atoms with Crippen LogP contribution in [0.15, 0.2) is 47.6 Å². The van der Waals surface area contributed by atoms with Gasteiger partial charge in [0.2, 0.25) is 0 Å². The Morgan fingerprint density at radius 2 is 2.05 bits per heavy atom. The number of amides is 1. The Bertz CT molecular complexity index is 706. The zero-order valence-electron chi connectivity index (χ0n) is 10.7. The number of para-hydroxylation sites is 1. The van der Waals surface area contributed by atoms with E-state index in [-0.39, 0.29) is 5.91 Å². The van der Waals surface area contributed by atoms with E-state index >= 15 is 0 Å². The number of likely N-dealkylation sites (N-methyl/N-ethyl adjacent to an activating group) is 1. The number of hydrogen-bond acceptors (Lipinski definition) is 4. The molecule has 1 aromatic carbocycles. The maximum atomic E-state index is 11.9. The Labute approximate surface area is 126 Å². The molecule has 1 aromatic heterocycles. The first-order chi connectivity index (χ1) is 9.65. The molecular formula is C14H11N3OS2. The van der Waals surface area contributed by atoms with Crippen LogP contribution in [0.5, 0.6) is 0 Å². The van der Waals surface area contributed by atoms with E-state index < -0.39 is 0 Å². The van der Waals surface area contributed by atoms with E-state index in [1.54, 1.807) is 17.9 Å². The van der Waals surface area contributed by atoms with Crippen LogP contribution in [-0.2, 0) is 4.79 Å². The SMILES string of the molecule is CN1C(=O)/C(=C/c2cnn(-c3ccccc3)c2)SC1=S. The maximum Gasteiger partial charge on any atom is 0.265 e. The van der Waals surface area contributed by atoms with Gasteiger partial charge in [0.05, 0.1) is 16.8 Å². The maximum absolute atomic E-state index is 11.9. The van der Waals surface area contributed by atoms with Crippen LogP contribution in [0, 0.1) is 0 Å². The van der Waals surface area contributed by atoms with Gasteiger partial charge in [0, 0.05) is 18.8 Å². The lowest BCUT2D eigenvalue weighted by Crippen LogP contribution is -2.22. The Hall–Kier alpha value is -1.92. The molecule has 20 heavy (non-hydrogen) atoms. The molecule has 1 aliphatic rings. The highest BCUT2D eigenvalue weighted by molar-refractivity contribution is 8.26. The molecule has 0 bridgehead atoms. The molecule has 100 valence electrons. The molecule has 1 amide bonds. The number of aromatic nitrogens is 2. The summed E-state index contributed by atoms with van der Waals surface area (Å²) in [5, 5.41) is 4.30. The zero-order valence-corrected chi connectivity index (χ0v) is 12.3. The number of thiocarbonyl (C=S) groups is 1. The van der Waals surface area contributed by atoms with Gasteiger partial charge in [0.1, 0.15) is 4.32 Å². The van der Waals surface area contributed by atoms with E-state index in [1.165, 1.54) is 16.7 Å². The van der Waals surface area contributed by atoms with Crippen molar-refractivity contribution in [2.24, 2.45) is 0 Å². The van der Waals surface area contributed by atoms with E-state index in [1.807, 2.05) is 42.6 Å². The lowest BCUT2D eigenvalue weighted by molar-refractivity contribution is -0.121. The molecule has 0 radical (unpaired) electrons. The Balaban J connectivity index is 1.89. The van der Waals surface area contributed by atoms with Crippen molar-refractivity contribution in [3.05, 3.63) is 53.2 Å². The Morgan fingerprint density at radius 1 is 1.30 bits per heavy atom. The monoisotopic (exact) mass is 301 g/mol. The fourth-order valence-corrected chi connectivity index (χ4v) is 3.01. The summed E-state index contributed by atoms with van der Waals surface area (Å²) in [6, 6.07) is 9.82. The summed E-state index contributed by atoms with van der Waals surface area (Å²) in [4.78, 5) is 14.0. The van der Waals surface area contributed by atoms with Crippen LogP contribution in [0.2, 0.25) is 0 Å². The van der Waals surface area contributed by atoms with Gasteiger partial charge in [-0.05, 0) is 18.2 Å². The average Bonchev–Trinajstić information content (AvgIpc) is 3.02. The molecule has 3 rings (SSSR count). The Morgan fingerprint density at radius 3 is 2.70 bits per heavy atom. The van der Waals surface area contributed by atoms with Crippen molar-refractivity contribution in [2.75, 3.05) is 7.05 Å². The Kier molecular flexibility index (Phi) is 3.42. The van der Waals surface area contributed by atoms with Gasteiger partial charge in [-0.3, -0.25) is 9.69 Å². The number of carbonyl (C=O) groups excluding carboxylic acids is 1. The van der Waals surface area contributed by atoms with Crippen molar-refractivity contribution in [1.29, 1.82) is 0 Å². The topological polar surface area (TPSA) is 38.1 Å². The van der Waals surface area contributed by atoms with Crippen LogP contribution in [0.1, 0.15) is 5.56 Å². The first-order valence-electron chi connectivity index (χ1n) is 5.97. The van der Waals surface area contributed by atoms with E-state index in [0.717, 1.165) is 11.3 Å². The minimum absolute atomic E-state index is 0.0625. The zero-order chi connectivity index (χ0) is 14.1. The standard InChI is InChI=1S/C14H11N3OS2/c1-16-13(18)12(20-14(16)19)7-10-8-15-17(9-10)11-5-3-2-4-6-11/h2-9H,1H3/b12-7-. The second-order valence-corrected chi connectivity index (χ2v) is 5.97. The van der Waals surface area contributed by atoms with E-state index in [2.05, 4.69) is 5.10 Å². The molecule has 0 unspecified atom stereocenters. The summed E-state index contributed by atoms with van der Waals surface area (Å²) in [7, 11) is 1.69. The van der Waals surface area contributed by atoms with Crippen molar-refractivity contribution in [1.82, 2.24) is 14.7 Å². The normalized spacial score (nSPS) is 17.2. The van der Waals surface area contributed by atoms with Crippen LogP contribution in [0.25, 0.3) is 11.8 Å². The molecule has 1 aliphatic heterocycles. The molecule has 1 saturated heterocycles. The third-order valence-electron chi connectivity index (χ3n) is 2.91. The molecule has 0 atom stereocenters. The summed E-state index contributed by atoms with van der Waals surface area (Å²) in [5.74, 6) is -0.0625. The molecule has 0 aliphatic carbocycles. The van der Waals surface area contributed by atoms with Gasteiger partial charge in [-0.25, -0.2) is 4.68 Å². The van der Waals surface area contributed by atoms with Crippen LogP contribution < -0.4 is 0 Å². The van der Waals surface area contributed by atoms with Crippen molar-refractivity contribution >= 4 is 40.3 Å². The van der Waals surface area contributed by atoms with Crippen molar-refractivity contribution in [2.45, 2.75) is 0 Å². The molecular weight excluding hydrogens is 290 g/mol. The van der Waals surface area contributed by atoms with Gasteiger partial charge < -0.3 is 0 Å². The minimum atomic E-state index is -0.0625. The molecule has 6 heteroatoms. The summed E-state index contributed by atoms with van der Waals surface area (Å²) in [6.45, 7) is 0. The molecule has 0 N–H and O–H groups in total. The summed E-state index contributed by atoms with van der Waals surface area (Å²) in [5.41, 5.74) is 1.86. The third kappa shape index (κ3) is 2.39. The quantitative estimate of drug-likeness (QED) is 0.631. The fraction of sp³-hybridized carbons (Fsp3) is 0.0714. The van der Waals surface area contributed by atoms with Crippen LogP contribution >= 0.6 is 24.0 Å². The molecule has 2 heterocycles. The van der Waals surface area contributed by atoms with Gasteiger partial charge in [-0.2, -0.15) is 5.10 Å². The summed E-state index contributed by atoms with van der Waals surface area (Å²) < 4.78 is 2.36. The lowest BCUT2D eigenvalue weighted by atomic mass is 10.3. The second-order valence-electron chi connectivity index (χ2n) is 4.29. The number of thioether (sulfide) groups is 1. The molecule has 0 saturated carbocycles. The predicted molar refractivity (Wildman–Crippen MR) is 84.5 cm³/mol. The molecule has 4 nitrogen and oxygen atoms in total. The van der Waals surface area contributed by atoms with Gasteiger partial charge in [-0.15, -0.1) is 0 Å². The number of rotatable bonds is 2. The lowest BCUT2D eigenvalue weighted by Gasteiger charge is -2.03. The average molecular weight is 301 g/mol. The van der Waals surface area contributed by atoms with Crippen molar-refractivity contribution < 1.29 is 4.79 Å². The van der Waals surface area contributed by atoms with E-state index in [4.69, 9.17) is 12.2 Å². The largest absolute Gasteiger partial charge is 0.296 e. The number of carbonyl (C=O) groups is 1. The molecule has 1 fully saturated rings. The highest BCUT2D eigenvalue weighted by Crippen LogP contribution is 2.31. The van der Waals surface area contributed by atoms with Crippen LogP contribution in [-0.4, -0.2) is 32.0 Å². The predicted octanol–water partition coefficient (Wildman–Crippen LogP) is 2.70. The number of nitrogens with zero attached hydrogens (tertiary/aromatic N) is 3. The third-order valence-corrected chi connectivity index (χ3v) is 4.39. The van der Waals surface area contributed by atoms with Crippen molar-refractivity contribution in [3.8, 4) is 5.69 Å². The first kappa shape index (κ1) is 13.1. The number of hydrogen-bond donors (Lipinski definition) is 0. The van der Waals surface area contributed by atoms with Gasteiger partial charge >= 0.3 is 0 Å². The van der Waals surface area contributed by atoms with Gasteiger partial charge in [0.15, 0.2) is 0 Å². The van der Waals surface area contributed by atoms with E-state index in [0.29, 0.717) is 9.23 Å². The van der Waals surface area contributed by atoms with Crippen LogP contribution in [0.3, 0.4) is 0 Å².